The number of anilines is 2. The van der Waals surface area contributed by atoms with Crippen molar-refractivity contribution in [3.05, 3.63) is 54.1 Å². The van der Waals surface area contributed by atoms with Crippen molar-refractivity contribution in [1.82, 2.24) is 4.90 Å². The van der Waals surface area contributed by atoms with E-state index in [1.54, 1.807) is 29.2 Å². The molecule has 144 valence electrons. The number of nitrogens with zero attached hydrogens (tertiary/aromatic N) is 1. The number of ether oxygens (including phenoxy) is 1. The minimum Gasteiger partial charge on any atom is -0.492 e. The van der Waals surface area contributed by atoms with Gasteiger partial charge in [-0.1, -0.05) is 12.1 Å². The van der Waals surface area contributed by atoms with Gasteiger partial charge < -0.3 is 20.3 Å². The summed E-state index contributed by atoms with van der Waals surface area (Å²) in [5.41, 5.74) is 2.03. The van der Waals surface area contributed by atoms with E-state index >= 15 is 0 Å². The summed E-state index contributed by atoms with van der Waals surface area (Å²) in [4.78, 5) is 26.2. The highest BCUT2D eigenvalue weighted by Crippen LogP contribution is 2.23. The first-order chi connectivity index (χ1) is 13.1. The summed E-state index contributed by atoms with van der Waals surface area (Å²) in [5, 5.41) is 5.90. The van der Waals surface area contributed by atoms with Crippen LogP contribution in [0.5, 0.6) is 5.75 Å². The molecule has 6 heteroatoms. The average Bonchev–Trinajstić information content (AvgIpc) is 2.69. The van der Waals surface area contributed by atoms with Crippen molar-refractivity contribution in [2.45, 2.75) is 20.8 Å². The molecule has 6 nitrogen and oxygen atoms in total. The lowest BCUT2D eigenvalue weighted by atomic mass is 10.1. The van der Waals surface area contributed by atoms with Gasteiger partial charge in [-0.15, -0.1) is 0 Å². The Bertz CT molecular complexity index is 756. The largest absolute Gasteiger partial charge is 0.492 e. The molecular formula is C21H27N3O3. The van der Waals surface area contributed by atoms with Crippen LogP contribution in [-0.2, 0) is 4.79 Å². The van der Waals surface area contributed by atoms with Crippen molar-refractivity contribution in [2.24, 2.45) is 0 Å². The average molecular weight is 369 g/mol. The van der Waals surface area contributed by atoms with Crippen LogP contribution < -0.4 is 15.4 Å². The molecule has 27 heavy (non-hydrogen) atoms. The molecule has 0 fully saturated rings. The lowest BCUT2D eigenvalue weighted by molar-refractivity contribution is -0.114. The van der Waals surface area contributed by atoms with E-state index in [2.05, 4.69) is 10.6 Å². The summed E-state index contributed by atoms with van der Waals surface area (Å²) in [6.45, 7) is 7.83. The van der Waals surface area contributed by atoms with Crippen LogP contribution in [0, 0.1) is 0 Å². The van der Waals surface area contributed by atoms with E-state index in [0.29, 0.717) is 36.7 Å². The Labute approximate surface area is 160 Å². The summed E-state index contributed by atoms with van der Waals surface area (Å²) >= 11 is 0. The molecule has 2 aromatic rings. The topological polar surface area (TPSA) is 70.7 Å². The molecule has 0 radical (unpaired) electrons. The summed E-state index contributed by atoms with van der Waals surface area (Å²) < 4.78 is 5.53. The fourth-order valence-electron chi connectivity index (χ4n) is 2.66. The van der Waals surface area contributed by atoms with Crippen molar-refractivity contribution >= 4 is 23.2 Å². The number of amides is 2. The highest BCUT2D eigenvalue weighted by atomic mass is 16.5. The Morgan fingerprint density at radius 1 is 0.963 bits per heavy atom. The van der Waals surface area contributed by atoms with Gasteiger partial charge in [0.05, 0.1) is 18.8 Å². The Morgan fingerprint density at radius 3 is 2.26 bits per heavy atom. The van der Waals surface area contributed by atoms with Gasteiger partial charge in [0.25, 0.3) is 5.91 Å². The number of hydrogen-bond donors (Lipinski definition) is 2. The molecule has 0 aliphatic heterocycles. The number of nitrogens with one attached hydrogen (secondary N) is 2. The smallest absolute Gasteiger partial charge is 0.253 e. The maximum absolute atomic E-state index is 12.3. The van der Waals surface area contributed by atoms with E-state index in [4.69, 9.17) is 4.74 Å². The number of para-hydroxylation sites is 2. The quantitative estimate of drug-likeness (QED) is 0.708. The summed E-state index contributed by atoms with van der Waals surface area (Å²) in [6.07, 6.45) is 0. The lowest BCUT2D eigenvalue weighted by Gasteiger charge is -2.18. The normalized spacial score (nSPS) is 10.2. The summed E-state index contributed by atoms with van der Waals surface area (Å²) in [7, 11) is 0. The first kappa shape index (κ1) is 20.3. The van der Waals surface area contributed by atoms with Crippen molar-refractivity contribution in [1.29, 1.82) is 0 Å². The monoisotopic (exact) mass is 369 g/mol. The van der Waals surface area contributed by atoms with Gasteiger partial charge in [0.2, 0.25) is 5.91 Å². The Kier molecular flexibility index (Phi) is 7.67. The molecule has 0 heterocycles. The fourth-order valence-corrected chi connectivity index (χ4v) is 2.66. The van der Waals surface area contributed by atoms with E-state index in [-0.39, 0.29) is 18.4 Å². The van der Waals surface area contributed by atoms with Crippen molar-refractivity contribution in [3.8, 4) is 5.75 Å². The third-order valence-electron chi connectivity index (χ3n) is 4.09. The van der Waals surface area contributed by atoms with Crippen LogP contribution in [0.3, 0.4) is 0 Å². The zero-order chi connectivity index (χ0) is 19.6. The van der Waals surface area contributed by atoms with E-state index in [1.165, 1.54) is 0 Å². The molecule has 2 rings (SSSR count). The maximum atomic E-state index is 12.3. The number of carbonyl (C=O) groups excluding carboxylic acids is 2. The SMILES string of the molecule is CCOc1ccccc1NCC(=O)Nc1ccc(C(=O)N(CC)CC)cc1. The second-order valence-electron chi connectivity index (χ2n) is 5.89. The summed E-state index contributed by atoms with van der Waals surface area (Å²) in [6, 6.07) is 14.4. The molecule has 2 amide bonds. The van der Waals surface area contributed by atoms with Gasteiger partial charge in [-0.25, -0.2) is 0 Å². The standard InChI is InChI=1S/C21H27N3O3/c1-4-24(5-2)21(26)16-11-13-17(14-12-16)23-20(25)15-22-18-9-7-8-10-19(18)27-6-3/h7-14,22H,4-6,15H2,1-3H3,(H,23,25). The third kappa shape index (κ3) is 5.74. The highest BCUT2D eigenvalue weighted by Gasteiger charge is 2.12. The van der Waals surface area contributed by atoms with Crippen LogP contribution in [0.4, 0.5) is 11.4 Å². The molecule has 2 aromatic carbocycles. The molecule has 2 N–H and O–H groups in total. The predicted octanol–water partition coefficient (Wildman–Crippen LogP) is 3.62. The van der Waals surface area contributed by atoms with Crippen molar-refractivity contribution in [2.75, 3.05) is 36.9 Å². The van der Waals surface area contributed by atoms with Gasteiger partial charge in [0.15, 0.2) is 0 Å². The van der Waals surface area contributed by atoms with E-state index in [0.717, 1.165) is 5.69 Å². The Hall–Kier alpha value is -3.02. The third-order valence-corrected chi connectivity index (χ3v) is 4.09. The van der Waals surface area contributed by atoms with E-state index in [9.17, 15) is 9.59 Å². The van der Waals surface area contributed by atoms with Crippen molar-refractivity contribution in [3.63, 3.8) is 0 Å². The second-order valence-corrected chi connectivity index (χ2v) is 5.89. The van der Waals surface area contributed by atoms with Crippen LogP contribution in [0.1, 0.15) is 31.1 Å². The van der Waals surface area contributed by atoms with Crippen molar-refractivity contribution < 1.29 is 14.3 Å². The number of carbonyl (C=O) groups is 2. The molecule has 0 bridgehead atoms. The maximum Gasteiger partial charge on any atom is 0.253 e. The number of rotatable bonds is 9. The first-order valence-electron chi connectivity index (χ1n) is 9.23. The lowest BCUT2D eigenvalue weighted by Crippen LogP contribution is -2.30. The Morgan fingerprint density at radius 2 is 1.63 bits per heavy atom. The molecule has 0 unspecified atom stereocenters. The van der Waals surface area contributed by atoms with Crippen LogP contribution >= 0.6 is 0 Å². The predicted molar refractivity (Wildman–Crippen MR) is 108 cm³/mol. The minimum absolute atomic E-state index is 0.00734. The van der Waals surface area contributed by atoms with Gasteiger partial charge in [-0.2, -0.15) is 0 Å². The molecule has 0 aliphatic carbocycles. The van der Waals surface area contributed by atoms with Gasteiger partial charge in [-0.3, -0.25) is 9.59 Å². The van der Waals surface area contributed by atoms with Crippen LogP contribution in [-0.4, -0.2) is 43.0 Å². The second kappa shape index (κ2) is 10.2. The number of hydrogen-bond acceptors (Lipinski definition) is 4. The molecule has 0 aliphatic rings. The first-order valence-corrected chi connectivity index (χ1v) is 9.23. The molecular weight excluding hydrogens is 342 g/mol. The van der Waals surface area contributed by atoms with Crippen LogP contribution in [0.25, 0.3) is 0 Å². The van der Waals surface area contributed by atoms with Gasteiger partial charge in [0, 0.05) is 24.3 Å². The zero-order valence-corrected chi connectivity index (χ0v) is 16.1. The van der Waals surface area contributed by atoms with Gasteiger partial charge >= 0.3 is 0 Å². The molecule has 0 spiro atoms. The van der Waals surface area contributed by atoms with E-state index in [1.807, 2.05) is 45.0 Å². The molecule has 0 saturated carbocycles. The Balaban J connectivity index is 1.92. The van der Waals surface area contributed by atoms with Gasteiger partial charge in [0.1, 0.15) is 5.75 Å². The minimum atomic E-state index is -0.177. The highest BCUT2D eigenvalue weighted by molar-refractivity contribution is 5.96. The molecule has 0 atom stereocenters. The zero-order valence-electron chi connectivity index (χ0n) is 16.1. The summed E-state index contributed by atoms with van der Waals surface area (Å²) in [5.74, 6) is 0.531. The van der Waals surface area contributed by atoms with Crippen LogP contribution in [0.2, 0.25) is 0 Å². The molecule has 0 saturated heterocycles. The van der Waals surface area contributed by atoms with Gasteiger partial charge in [-0.05, 0) is 57.2 Å². The fraction of sp³-hybridized carbons (Fsp3) is 0.333. The molecule has 0 aromatic heterocycles. The number of benzene rings is 2. The van der Waals surface area contributed by atoms with E-state index < -0.39 is 0 Å². The van der Waals surface area contributed by atoms with Crippen LogP contribution in [0.15, 0.2) is 48.5 Å².